The summed E-state index contributed by atoms with van der Waals surface area (Å²) < 4.78 is 24.5. The number of hydrogen-bond donors (Lipinski definition) is 0. The Bertz CT molecular complexity index is 772. The molecular weight excluding hydrogens is 284 g/mol. The largest absolute Gasteiger partial charge is 0.233 e. The van der Waals surface area contributed by atoms with E-state index in [1.54, 1.807) is 31.2 Å². The highest BCUT2D eigenvalue weighted by Crippen LogP contribution is 2.35. The smallest absolute Gasteiger partial charge is 0.179 e. The number of halogens is 1. The van der Waals surface area contributed by atoms with Gasteiger partial charge in [0.1, 0.15) is 11.0 Å². The molecule has 0 radical (unpaired) electrons. The molecule has 1 aromatic carbocycles. The molecule has 0 fully saturated rings. The van der Waals surface area contributed by atoms with E-state index < -0.39 is 9.84 Å². The topological polar surface area (TPSA) is 59.9 Å². The van der Waals surface area contributed by atoms with Crippen molar-refractivity contribution in [3.63, 3.8) is 0 Å². The van der Waals surface area contributed by atoms with Gasteiger partial charge in [0.15, 0.2) is 9.84 Å². The van der Waals surface area contributed by atoms with E-state index in [4.69, 9.17) is 11.6 Å². The van der Waals surface area contributed by atoms with Crippen molar-refractivity contribution in [2.45, 2.75) is 18.2 Å². The minimum atomic E-state index is -3.30. The normalized spacial score (nSPS) is 16.3. The van der Waals surface area contributed by atoms with Crippen molar-refractivity contribution in [3.05, 3.63) is 40.8 Å². The average molecular weight is 295 g/mol. The predicted molar refractivity (Wildman–Crippen MR) is 73.0 cm³/mol. The molecule has 2 aromatic rings. The third kappa shape index (κ3) is 2.03. The van der Waals surface area contributed by atoms with Crippen molar-refractivity contribution in [1.29, 1.82) is 0 Å². The number of nitrogens with zero attached hydrogens (tertiary/aromatic N) is 2. The van der Waals surface area contributed by atoms with E-state index in [9.17, 15) is 8.42 Å². The molecule has 6 heteroatoms. The van der Waals surface area contributed by atoms with Gasteiger partial charge in [0, 0.05) is 11.1 Å². The lowest BCUT2D eigenvalue weighted by Crippen LogP contribution is -2.07. The van der Waals surface area contributed by atoms with Gasteiger partial charge in [-0.1, -0.05) is 29.8 Å². The van der Waals surface area contributed by atoms with Gasteiger partial charge >= 0.3 is 0 Å². The third-order valence-corrected chi connectivity index (χ3v) is 5.25. The third-order valence-electron chi connectivity index (χ3n) is 3.17. The fourth-order valence-corrected chi connectivity index (χ4v) is 4.07. The summed E-state index contributed by atoms with van der Waals surface area (Å²) in [6.07, 6.45) is 0.339. The number of sulfone groups is 1. The molecule has 1 aromatic heterocycles. The molecule has 1 aliphatic rings. The molecule has 2 heterocycles. The van der Waals surface area contributed by atoms with Crippen molar-refractivity contribution in [1.82, 2.24) is 9.97 Å². The predicted octanol–water partition coefficient (Wildman–Crippen LogP) is 2.44. The van der Waals surface area contributed by atoms with Crippen LogP contribution in [0.25, 0.3) is 11.3 Å². The number of rotatable bonds is 0. The van der Waals surface area contributed by atoms with Gasteiger partial charge in [-0.05, 0) is 19.4 Å². The molecule has 3 rings (SSSR count). The summed E-state index contributed by atoms with van der Waals surface area (Å²) in [4.78, 5) is 8.81. The van der Waals surface area contributed by atoms with Crippen LogP contribution in [0, 0.1) is 6.92 Å². The summed E-state index contributed by atoms with van der Waals surface area (Å²) in [6.45, 7) is 1.74. The standard InChI is InChI=1S/C13H11ClN2O2S/c1-8-15-12-9-4-2-3-5-11(9)19(17,18)7-6-10(12)13(14)16-8/h2-5H,6-7H2,1H3. The van der Waals surface area contributed by atoms with Gasteiger partial charge in [0.2, 0.25) is 0 Å². The fraction of sp³-hybridized carbons (Fsp3) is 0.231. The molecular formula is C13H11ClN2O2S. The van der Waals surface area contributed by atoms with Crippen LogP contribution in [-0.4, -0.2) is 24.1 Å². The first-order valence-electron chi connectivity index (χ1n) is 5.84. The zero-order valence-corrected chi connectivity index (χ0v) is 11.8. The Balaban J connectivity index is 2.42. The lowest BCUT2D eigenvalue weighted by molar-refractivity contribution is 0.596. The molecule has 19 heavy (non-hydrogen) atoms. The van der Waals surface area contributed by atoms with Crippen LogP contribution in [0.4, 0.5) is 0 Å². The second kappa shape index (κ2) is 4.28. The molecule has 0 spiro atoms. The SMILES string of the molecule is Cc1nc(Cl)c2c(n1)-c1ccccc1S(=O)(=O)CC2. The number of aromatic nitrogens is 2. The van der Waals surface area contributed by atoms with Crippen molar-refractivity contribution in [2.24, 2.45) is 0 Å². The Morgan fingerprint density at radius 3 is 2.74 bits per heavy atom. The molecule has 0 saturated carbocycles. The van der Waals surface area contributed by atoms with E-state index in [1.807, 2.05) is 0 Å². The molecule has 4 nitrogen and oxygen atoms in total. The van der Waals surface area contributed by atoms with E-state index in [2.05, 4.69) is 9.97 Å². The van der Waals surface area contributed by atoms with Gasteiger partial charge in [-0.3, -0.25) is 0 Å². The zero-order chi connectivity index (χ0) is 13.6. The van der Waals surface area contributed by atoms with Gasteiger partial charge in [0.05, 0.1) is 16.3 Å². The van der Waals surface area contributed by atoms with Crippen LogP contribution in [-0.2, 0) is 16.3 Å². The summed E-state index contributed by atoms with van der Waals surface area (Å²) in [5, 5.41) is 0.342. The summed E-state index contributed by atoms with van der Waals surface area (Å²) in [6, 6.07) is 6.90. The molecule has 0 atom stereocenters. The molecule has 0 unspecified atom stereocenters. The first kappa shape index (κ1) is 12.6. The minimum absolute atomic E-state index is 0.0309. The Morgan fingerprint density at radius 2 is 1.95 bits per heavy atom. The fourth-order valence-electron chi connectivity index (χ4n) is 2.29. The Hall–Kier alpha value is -1.46. The van der Waals surface area contributed by atoms with Crippen LogP contribution in [0.15, 0.2) is 29.2 Å². The number of aryl methyl sites for hydroxylation is 1. The van der Waals surface area contributed by atoms with Crippen molar-refractivity contribution in [2.75, 3.05) is 5.75 Å². The lowest BCUT2D eigenvalue weighted by Gasteiger charge is -2.09. The molecule has 0 bridgehead atoms. The van der Waals surface area contributed by atoms with Crippen LogP contribution in [0.2, 0.25) is 5.15 Å². The Labute approximate surface area is 116 Å². The van der Waals surface area contributed by atoms with Crippen LogP contribution in [0.1, 0.15) is 11.4 Å². The van der Waals surface area contributed by atoms with Crippen LogP contribution in [0.3, 0.4) is 0 Å². The highest BCUT2D eigenvalue weighted by atomic mass is 35.5. The summed E-state index contributed by atoms with van der Waals surface area (Å²) in [7, 11) is -3.30. The van der Waals surface area contributed by atoms with E-state index in [1.165, 1.54) is 0 Å². The molecule has 98 valence electrons. The number of benzene rings is 1. The van der Waals surface area contributed by atoms with Crippen molar-refractivity contribution in [3.8, 4) is 11.3 Å². The summed E-state index contributed by atoms with van der Waals surface area (Å²) in [5.74, 6) is 0.571. The highest BCUT2D eigenvalue weighted by molar-refractivity contribution is 7.91. The number of hydrogen-bond acceptors (Lipinski definition) is 4. The van der Waals surface area contributed by atoms with Gasteiger partial charge in [-0.25, -0.2) is 18.4 Å². The highest BCUT2D eigenvalue weighted by Gasteiger charge is 2.27. The Kier molecular flexibility index (Phi) is 2.83. The zero-order valence-electron chi connectivity index (χ0n) is 10.2. The molecule has 0 aliphatic carbocycles. The van der Waals surface area contributed by atoms with Gasteiger partial charge in [-0.15, -0.1) is 0 Å². The maximum Gasteiger partial charge on any atom is 0.179 e. The quantitative estimate of drug-likeness (QED) is 0.700. The summed E-state index contributed by atoms with van der Waals surface area (Å²) >= 11 is 6.13. The Morgan fingerprint density at radius 1 is 1.21 bits per heavy atom. The summed E-state index contributed by atoms with van der Waals surface area (Å²) in [5.41, 5.74) is 1.96. The van der Waals surface area contributed by atoms with Gasteiger partial charge in [-0.2, -0.15) is 0 Å². The first-order chi connectivity index (χ1) is 8.99. The second-order valence-electron chi connectivity index (χ2n) is 4.45. The van der Waals surface area contributed by atoms with Crippen LogP contribution in [0.5, 0.6) is 0 Å². The maximum absolute atomic E-state index is 12.3. The second-order valence-corrected chi connectivity index (χ2v) is 6.89. The van der Waals surface area contributed by atoms with Crippen LogP contribution >= 0.6 is 11.6 Å². The average Bonchev–Trinajstić information content (AvgIpc) is 2.47. The van der Waals surface area contributed by atoms with Crippen molar-refractivity contribution < 1.29 is 8.42 Å². The molecule has 0 amide bonds. The van der Waals surface area contributed by atoms with Gasteiger partial charge in [0.25, 0.3) is 0 Å². The lowest BCUT2D eigenvalue weighted by atomic mass is 10.1. The van der Waals surface area contributed by atoms with Crippen molar-refractivity contribution >= 4 is 21.4 Å². The first-order valence-corrected chi connectivity index (χ1v) is 7.87. The molecule has 0 saturated heterocycles. The van der Waals surface area contributed by atoms with E-state index in [0.717, 1.165) is 0 Å². The number of fused-ring (bicyclic) bond motifs is 3. The van der Waals surface area contributed by atoms with E-state index >= 15 is 0 Å². The molecule has 1 aliphatic heterocycles. The maximum atomic E-state index is 12.3. The monoisotopic (exact) mass is 294 g/mol. The van der Waals surface area contributed by atoms with Crippen LogP contribution < -0.4 is 0 Å². The molecule has 0 N–H and O–H groups in total. The van der Waals surface area contributed by atoms with Gasteiger partial charge < -0.3 is 0 Å². The van der Waals surface area contributed by atoms with E-state index in [0.29, 0.717) is 39.1 Å². The van der Waals surface area contributed by atoms with E-state index in [-0.39, 0.29) is 5.75 Å². The minimum Gasteiger partial charge on any atom is -0.233 e.